The molecule has 2 fully saturated rings. The van der Waals surface area contributed by atoms with Gasteiger partial charge in [0.05, 0.1) is 6.61 Å². The predicted molar refractivity (Wildman–Crippen MR) is 97.1 cm³/mol. The number of nitrogens with one attached hydrogen (secondary N) is 1. The average molecular weight is 338 g/mol. The van der Waals surface area contributed by atoms with Gasteiger partial charge >= 0.3 is 0 Å². The number of carbonyl (C=O) groups excluding carboxylic acids is 1. The minimum absolute atomic E-state index is 0.0320. The number of carbonyl (C=O) groups is 1. The quantitative estimate of drug-likeness (QED) is 0.590. The Morgan fingerprint density at radius 3 is 2.50 bits per heavy atom. The zero-order valence-electron chi connectivity index (χ0n) is 15.6. The zero-order valence-corrected chi connectivity index (χ0v) is 15.6. The van der Waals surface area contributed by atoms with E-state index in [-0.39, 0.29) is 12.5 Å². The Labute approximate surface area is 146 Å². The number of hydrogen-bond donors (Lipinski definition) is 1. The van der Waals surface area contributed by atoms with Gasteiger partial charge in [0.1, 0.15) is 6.54 Å². The lowest BCUT2D eigenvalue weighted by atomic mass is 9.89. The van der Waals surface area contributed by atoms with E-state index in [1.165, 1.54) is 32.1 Å². The van der Waals surface area contributed by atoms with Crippen LogP contribution in [0.15, 0.2) is 4.99 Å². The molecule has 1 heterocycles. The molecule has 1 amide bonds. The Balaban J connectivity index is 1.90. The minimum Gasteiger partial charge on any atom is -0.381 e. The van der Waals surface area contributed by atoms with Crippen molar-refractivity contribution in [3.8, 4) is 0 Å². The van der Waals surface area contributed by atoms with Crippen molar-refractivity contribution >= 4 is 11.9 Å². The van der Waals surface area contributed by atoms with Gasteiger partial charge in [-0.2, -0.15) is 0 Å². The second-order valence-electron chi connectivity index (χ2n) is 7.42. The van der Waals surface area contributed by atoms with Crippen LogP contribution >= 0.6 is 0 Å². The standard InChI is InChI=1S/C18H34N4O2/c1-21(2)17(23)12-20-18(19-11-15-7-5-4-6-8-15)22(3)13-16-9-10-24-14-16/h15-16H,4-14H2,1-3H3,(H,19,20). The molecule has 0 radical (unpaired) electrons. The number of hydrogen-bond acceptors (Lipinski definition) is 3. The number of ether oxygens (including phenoxy) is 1. The van der Waals surface area contributed by atoms with Crippen LogP contribution in [0.1, 0.15) is 38.5 Å². The third-order valence-electron chi connectivity index (χ3n) is 5.05. The van der Waals surface area contributed by atoms with E-state index in [0.29, 0.717) is 5.92 Å². The van der Waals surface area contributed by atoms with E-state index >= 15 is 0 Å². The lowest BCUT2D eigenvalue weighted by Gasteiger charge is -2.28. The fraction of sp³-hybridized carbons (Fsp3) is 0.889. The molecular formula is C18H34N4O2. The largest absolute Gasteiger partial charge is 0.381 e. The van der Waals surface area contributed by atoms with Crippen molar-refractivity contribution in [1.29, 1.82) is 0 Å². The third kappa shape index (κ3) is 6.30. The molecule has 1 atom stereocenters. The van der Waals surface area contributed by atoms with Crippen molar-refractivity contribution in [1.82, 2.24) is 15.1 Å². The molecule has 6 heteroatoms. The average Bonchev–Trinajstić information content (AvgIpc) is 3.08. The minimum atomic E-state index is 0.0320. The fourth-order valence-corrected chi connectivity index (χ4v) is 3.42. The van der Waals surface area contributed by atoms with Gasteiger partial charge in [0.15, 0.2) is 5.96 Å². The van der Waals surface area contributed by atoms with Gasteiger partial charge in [0, 0.05) is 46.8 Å². The third-order valence-corrected chi connectivity index (χ3v) is 5.05. The highest BCUT2D eigenvalue weighted by molar-refractivity contribution is 5.84. The van der Waals surface area contributed by atoms with Gasteiger partial charge in [-0.15, -0.1) is 0 Å². The molecule has 138 valence electrons. The zero-order chi connectivity index (χ0) is 17.4. The monoisotopic (exact) mass is 338 g/mol. The summed E-state index contributed by atoms with van der Waals surface area (Å²) in [6, 6.07) is 0. The van der Waals surface area contributed by atoms with Gasteiger partial charge in [-0.3, -0.25) is 4.79 Å². The summed E-state index contributed by atoms with van der Waals surface area (Å²) in [5.41, 5.74) is 0. The van der Waals surface area contributed by atoms with Crippen LogP contribution in [0.4, 0.5) is 0 Å². The van der Waals surface area contributed by atoms with Crippen LogP contribution in [0.25, 0.3) is 0 Å². The highest BCUT2D eigenvalue weighted by Gasteiger charge is 2.20. The smallest absolute Gasteiger partial charge is 0.243 e. The van der Waals surface area contributed by atoms with E-state index in [1.54, 1.807) is 19.0 Å². The number of nitrogens with zero attached hydrogens (tertiary/aromatic N) is 3. The summed E-state index contributed by atoms with van der Waals surface area (Å²) in [5, 5.41) is 3.52. The van der Waals surface area contributed by atoms with Gasteiger partial charge in [0.2, 0.25) is 5.91 Å². The van der Waals surface area contributed by atoms with E-state index in [1.807, 2.05) is 0 Å². The maximum atomic E-state index is 11.9. The van der Waals surface area contributed by atoms with E-state index in [2.05, 4.69) is 22.3 Å². The molecule has 0 bridgehead atoms. The molecule has 1 aliphatic heterocycles. The van der Waals surface area contributed by atoms with Crippen LogP contribution in [0, 0.1) is 11.8 Å². The highest BCUT2D eigenvalue weighted by Crippen LogP contribution is 2.22. The van der Waals surface area contributed by atoms with Crippen LogP contribution in [0.2, 0.25) is 0 Å². The number of guanidine groups is 1. The first kappa shape index (κ1) is 19.0. The van der Waals surface area contributed by atoms with Crippen LogP contribution in [0.5, 0.6) is 0 Å². The van der Waals surface area contributed by atoms with E-state index in [9.17, 15) is 4.79 Å². The first-order valence-electron chi connectivity index (χ1n) is 9.33. The number of rotatable bonds is 6. The van der Waals surface area contributed by atoms with Gasteiger partial charge in [0.25, 0.3) is 0 Å². The summed E-state index contributed by atoms with van der Waals surface area (Å²) >= 11 is 0. The second kappa shape index (κ2) is 9.87. The van der Waals surface area contributed by atoms with Gasteiger partial charge in [-0.05, 0) is 25.2 Å². The molecule has 0 aromatic rings. The number of likely N-dealkylation sites (N-methyl/N-ethyl adjacent to an activating group) is 1. The van der Waals surface area contributed by atoms with Crippen molar-refractivity contribution in [2.75, 3.05) is 54.0 Å². The molecular weight excluding hydrogens is 304 g/mol. The predicted octanol–water partition coefficient (Wildman–Crippen LogP) is 1.57. The van der Waals surface area contributed by atoms with Gasteiger partial charge < -0.3 is 19.9 Å². The molecule has 0 spiro atoms. The molecule has 0 aromatic carbocycles. The summed E-state index contributed by atoms with van der Waals surface area (Å²) in [4.78, 5) is 20.2. The number of amides is 1. The van der Waals surface area contributed by atoms with Crippen molar-refractivity contribution in [3.05, 3.63) is 0 Å². The van der Waals surface area contributed by atoms with E-state index in [0.717, 1.165) is 44.6 Å². The highest BCUT2D eigenvalue weighted by atomic mass is 16.5. The molecule has 24 heavy (non-hydrogen) atoms. The SMILES string of the molecule is CN(C)C(=O)CN=C(NCC1CCCCC1)N(C)CC1CCOC1. The molecule has 2 aliphatic rings. The second-order valence-corrected chi connectivity index (χ2v) is 7.42. The Kier molecular flexibility index (Phi) is 7.82. The van der Waals surface area contributed by atoms with Crippen LogP contribution in [0.3, 0.4) is 0 Å². The summed E-state index contributed by atoms with van der Waals surface area (Å²) in [7, 11) is 5.60. The molecule has 1 unspecified atom stereocenters. The Morgan fingerprint density at radius 2 is 1.88 bits per heavy atom. The maximum absolute atomic E-state index is 11.9. The molecule has 1 saturated heterocycles. The topological polar surface area (TPSA) is 57.2 Å². The van der Waals surface area contributed by atoms with Gasteiger partial charge in [-0.25, -0.2) is 4.99 Å². The molecule has 1 N–H and O–H groups in total. The first-order valence-corrected chi connectivity index (χ1v) is 9.33. The summed E-state index contributed by atoms with van der Waals surface area (Å²) in [6.07, 6.45) is 7.77. The molecule has 1 saturated carbocycles. The molecule has 0 aromatic heterocycles. The maximum Gasteiger partial charge on any atom is 0.243 e. The Morgan fingerprint density at radius 1 is 1.12 bits per heavy atom. The lowest BCUT2D eigenvalue weighted by molar-refractivity contribution is -0.127. The van der Waals surface area contributed by atoms with Gasteiger partial charge in [-0.1, -0.05) is 19.3 Å². The van der Waals surface area contributed by atoms with Crippen LogP contribution < -0.4 is 5.32 Å². The first-order chi connectivity index (χ1) is 11.6. The summed E-state index contributed by atoms with van der Waals surface area (Å²) in [6.45, 7) is 3.77. The van der Waals surface area contributed by atoms with Crippen molar-refractivity contribution in [2.24, 2.45) is 16.8 Å². The Bertz CT molecular complexity index is 413. The van der Waals surface area contributed by atoms with Crippen LogP contribution in [-0.4, -0.2) is 75.7 Å². The lowest BCUT2D eigenvalue weighted by Crippen LogP contribution is -2.44. The summed E-state index contributed by atoms with van der Waals surface area (Å²) < 4.78 is 5.47. The Hall–Kier alpha value is -1.30. The normalized spacial score (nSPS) is 22.5. The molecule has 2 rings (SSSR count). The van der Waals surface area contributed by atoms with Crippen molar-refractivity contribution in [3.63, 3.8) is 0 Å². The van der Waals surface area contributed by atoms with E-state index in [4.69, 9.17) is 4.74 Å². The van der Waals surface area contributed by atoms with Crippen molar-refractivity contribution < 1.29 is 9.53 Å². The van der Waals surface area contributed by atoms with Crippen LogP contribution in [-0.2, 0) is 9.53 Å². The van der Waals surface area contributed by atoms with Crippen molar-refractivity contribution in [2.45, 2.75) is 38.5 Å². The summed E-state index contributed by atoms with van der Waals surface area (Å²) in [5.74, 6) is 2.17. The fourth-order valence-electron chi connectivity index (χ4n) is 3.42. The number of aliphatic imine (C=N–C) groups is 1. The molecule has 1 aliphatic carbocycles. The molecule has 6 nitrogen and oxygen atoms in total. The van der Waals surface area contributed by atoms with E-state index < -0.39 is 0 Å².